The Kier molecular flexibility index (Phi) is 3.75. The molecule has 23 heavy (non-hydrogen) atoms. The van der Waals surface area contributed by atoms with Crippen LogP contribution in [0.5, 0.6) is 0 Å². The molecule has 3 amide bonds. The van der Waals surface area contributed by atoms with Crippen molar-refractivity contribution in [2.24, 2.45) is 0 Å². The molecular weight excluding hydrogens is 326 g/mol. The molecule has 2 N–H and O–H groups in total. The van der Waals surface area contributed by atoms with Gasteiger partial charge in [0.1, 0.15) is 5.54 Å². The maximum absolute atomic E-state index is 13.2. The molecule has 6 nitrogen and oxygen atoms in total. The van der Waals surface area contributed by atoms with Crippen molar-refractivity contribution in [3.63, 3.8) is 0 Å². The summed E-state index contributed by atoms with van der Waals surface area (Å²) in [4.78, 5) is 31.9. The van der Waals surface area contributed by atoms with Gasteiger partial charge in [-0.2, -0.15) is 0 Å². The number of hydrogen-bond donors (Lipinski definition) is 2. The number of nitrogens with zero attached hydrogens (tertiary/aromatic N) is 2. The first-order chi connectivity index (χ1) is 10.8. The highest BCUT2D eigenvalue weighted by molar-refractivity contribution is 7.99. The average molecular weight is 340 g/mol. The van der Waals surface area contributed by atoms with E-state index in [1.54, 1.807) is 13.8 Å². The molecule has 0 unspecified atom stereocenters. The van der Waals surface area contributed by atoms with Gasteiger partial charge in [0.2, 0.25) is 0 Å². The zero-order valence-corrected chi connectivity index (χ0v) is 13.3. The van der Waals surface area contributed by atoms with Crippen LogP contribution in [0, 0.1) is 11.6 Å². The summed E-state index contributed by atoms with van der Waals surface area (Å²) in [6.45, 7) is 3.50. The molecule has 0 saturated carbocycles. The van der Waals surface area contributed by atoms with Gasteiger partial charge in [-0.1, -0.05) is 11.8 Å². The van der Waals surface area contributed by atoms with Crippen LogP contribution in [0.2, 0.25) is 0 Å². The molecule has 0 radical (unpaired) electrons. The van der Waals surface area contributed by atoms with Gasteiger partial charge in [0.25, 0.3) is 5.91 Å². The van der Waals surface area contributed by atoms with Crippen LogP contribution >= 0.6 is 11.8 Å². The number of amides is 3. The predicted molar refractivity (Wildman–Crippen MR) is 81.1 cm³/mol. The molecular formula is C14H14F2N4O2S. The summed E-state index contributed by atoms with van der Waals surface area (Å²) in [5.41, 5.74) is -0.180. The number of carbonyl (C=O) groups excluding carboxylic acids is 2. The second kappa shape index (κ2) is 5.48. The lowest BCUT2D eigenvalue weighted by atomic mass is 10.1. The van der Waals surface area contributed by atoms with Gasteiger partial charge in [0.15, 0.2) is 16.8 Å². The fourth-order valence-corrected chi connectivity index (χ4v) is 3.12. The number of fused-ring (bicyclic) bond motifs is 1. The van der Waals surface area contributed by atoms with Gasteiger partial charge in [-0.25, -0.2) is 18.6 Å². The van der Waals surface area contributed by atoms with Crippen molar-refractivity contribution in [3.8, 4) is 0 Å². The Bertz CT molecular complexity index is 766. The van der Waals surface area contributed by atoms with Gasteiger partial charge < -0.3 is 10.3 Å². The summed E-state index contributed by atoms with van der Waals surface area (Å²) in [6, 6.07) is 1.64. The standard InChI is InChI=1S/C14H14F2N4O2S/c1-14(2)11(21)20(13(22)19-14)3-4-23-12-17-9-5-7(15)8(16)6-10(9)18-12/h5-6H,3-4H2,1-2H3,(H,17,18)(H,19,22). The van der Waals surface area contributed by atoms with Crippen molar-refractivity contribution in [1.82, 2.24) is 20.2 Å². The number of imide groups is 1. The van der Waals surface area contributed by atoms with Crippen molar-refractivity contribution < 1.29 is 18.4 Å². The molecule has 1 aromatic carbocycles. The molecule has 2 heterocycles. The number of carbonyl (C=O) groups is 2. The molecule has 0 atom stereocenters. The Morgan fingerprint density at radius 1 is 1.26 bits per heavy atom. The van der Waals surface area contributed by atoms with E-state index in [0.29, 0.717) is 21.9 Å². The molecule has 0 spiro atoms. The van der Waals surface area contributed by atoms with Crippen LogP contribution in [0.25, 0.3) is 11.0 Å². The first-order valence-electron chi connectivity index (χ1n) is 6.89. The van der Waals surface area contributed by atoms with Crippen LogP contribution < -0.4 is 5.32 Å². The first kappa shape index (κ1) is 15.7. The van der Waals surface area contributed by atoms with E-state index in [2.05, 4.69) is 15.3 Å². The third kappa shape index (κ3) is 2.88. The van der Waals surface area contributed by atoms with Crippen LogP contribution in [0.3, 0.4) is 0 Å². The summed E-state index contributed by atoms with van der Waals surface area (Å²) in [5.74, 6) is -1.77. The van der Waals surface area contributed by atoms with Crippen molar-refractivity contribution in [2.45, 2.75) is 24.5 Å². The summed E-state index contributed by atoms with van der Waals surface area (Å²) in [6.07, 6.45) is 0. The highest BCUT2D eigenvalue weighted by Crippen LogP contribution is 2.23. The molecule has 3 rings (SSSR count). The maximum atomic E-state index is 13.2. The number of halogens is 2. The minimum absolute atomic E-state index is 0.221. The molecule has 1 aromatic heterocycles. The topological polar surface area (TPSA) is 78.1 Å². The van der Waals surface area contributed by atoms with Gasteiger partial charge in [0, 0.05) is 24.4 Å². The summed E-state index contributed by atoms with van der Waals surface area (Å²) in [7, 11) is 0. The summed E-state index contributed by atoms with van der Waals surface area (Å²) < 4.78 is 26.3. The molecule has 0 bridgehead atoms. The number of rotatable bonds is 4. The van der Waals surface area contributed by atoms with E-state index in [1.807, 2.05) is 0 Å². The average Bonchev–Trinajstić information content (AvgIpc) is 2.92. The second-order valence-corrected chi connectivity index (χ2v) is 6.77. The minimum atomic E-state index is -0.956. The molecule has 1 aliphatic rings. The number of urea groups is 1. The number of nitrogens with one attached hydrogen (secondary N) is 2. The Morgan fingerprint density at radius 2 is 1.96 bits per heavy atom. The highest BCUT2D eigenvalue weighted by Gasteiger charge is 2.43. The zero-order valence-electron chi connectivity index (χ0n) is 12.4. The van der Waals surface area contributed by atoms with Crippen LogP contribution in [-0.2, 0) is 4.79 Å². The van der Waals surface area contributed by atoms with Crippen LogP contribution in [0.4, 0.5) is 13.6 Å². The van der Waals surface area contributed by atoms with Gasteiger partial charge in [0.05, 0.1) is 11.0 Å². The van der Waals surface area contributed by atoms with Gasteiger partial charge in [-0.3, -0.25) is 9.69 Å². The number of benzene rings is 1. The van der Waals surface area contributed by atoms with Crippen molar-refractivity contribution in [3.05, 3.63) is 23.8 Å². The molecule has 1 aliphatic heterocycles. The monoisotopic (exact) mass is 340 g/mol. The zero-order chi connectivity index (χ0) is 16.8. The van der Waals surface area contributed by atoms with Gasteiger partial charge in [-0.15, -0.1) is 0 Å². The fraction of sp³-hybridized carbons (Fsp3) is 0.357. The van der Waals surface area contributed by atoms with E-state index < -0.39 is 23.2 Å². The van der Waals surface area contributed by atoms with E-state index in [4.69, 9.17) is 0 Å². The van der Waals surface area contributed by atoms with E-state index in [1.165, 1.54) is 11.8 Å². The van der Waals surface area contributed by atoms with E-state index in [0.717, 1.165) is 17.0 Å². The summed E-state index contributed by atoms with van der Waals surface area (Å²) in [5, 5.41) is 3.07. The van der Waals surface area contributed by atoms with Gasteiger partial charge >= 0.3 is 6.03 Å². The number of thioether (sulfide) groups is 1. The minimum Gasteiger partial charge on any atom is -0.333 e. The Balaban J connectivity index is 1.65. The van der Waals surface area contributed by atoms with E-state index >= 15 is 0 Å². The van der Waals surface area contributed by atoms with Crippen LogP contribution in [0.1, 0.15) is 13.8 Å². The number of H-pyrrole nitrogens is 1. The van der Waals surface area contributed by atoms with E-state index in [-0.39, 0.29) is 12.5 Å². The summed E-state index contributed by atoms with van der Waals surface area (Å²) >= 11 is 1.26. The lowest BCUT2D eigenvalue weighted by Gasteiger charge is -2.15. The SMILES string of the molecule is CC1(C)NC(=O)N(CCSc2nc3cc(F)c(F)cc3[nH]2)C1=O. The number of aromatic nitrogens is 2. The third-order valence-electron chi connectivity index (χ3n) is 3.50. The van der Waals surface area contributed by atoms with Crippen molar-refractivity contribution >= 4 is 34.7 Å². The Labute approximate surface area is 134 Å². The number of imidazole rings is 1. The molecule has 122 valence electrons. The third-order valence-corrected chi connectivity index (χ3v) is 4.35. The van der Waals surface area contributed by atoms with Crippen molar-refractivity contribution in [2.75, 3.05) is 12.3 Å². The largest absolute Gasteiger partial charge is 0.333 e. The first-order valence-corrected chi connectivity index (χ1v) is 7.88. The Morgan fingerprint density at radius 3 is 2.61 bits per heavy atom. The van der Waals surface area contributed by atoms with Crippen LogP contribution in [-0.4, -0.2) is 44.6 Å². The number of hydrogen-bond acceptors (Lipinski definition) is 4. The van der Waals surface area contributed by atoms with Crippen molar-refractivity contribution in [1.29, 1.82) is 0 Å². The van der Waals surface area contributed by atoms with E-state index in [9.17, 15) is 18.4 Å². The molecule has 0 aliphatic carbocycles. The fourth-order valence-electron chi connectivity index (χ4n) is 2.30. The molecule has 1 saturated heterocycles. The second-order valence-electron chi connectivity index (χ2n) is 5.69. The number of aromatic amines is 1. The molecule has 1 fully saturated rings. The maximum Gasteiger partial charge on any atom is 0.325 e. The molecule has 9 heteroatoms. The van der Waals surface area contributed by atoms with Gasteiger partial charge in [-0.05, 0) is 13.8 Å². The lowest BCUT2D eigenvalue weighted by Crippen LogP contribution is -2.40. The normalized spacial score (nSPS) is 17.1. The highest BCUT2D eigenvalue weighted by atomic mass is 32.2. The van der Waals surface area contributed by atoms with Crippen LogP contribution in [0.15, 0.2) is 17.3 Å². The quantitative estimate of drug-likeness (QED) is 0.661. The predicted octanol–water partition coefficient (Wildman–Crippen LogP) is 2.26. The molecule has 2 aromatic rings. The smallest absolute Gasteiger partial charge is 0.325 e. The lowest BCUT2D eigenvalue weighted by molar-refractivity contribution is -0.130. The Hall–Kier alpha value is -2.16.